The van der Waals surface area contributed by atoms with Crippen LogP contribution in [-0.2, 0) is 4.79 Å². The maximum absolute atomic E-state index is 13.6. The molecule has 0 bridgehead atoms. The zero-order valence-electron chi connectivity index (χ0n) is 20.2. The van der Waals surface area contributed by atoms with Crippen LogP contribution in [0.15, 0.2) is 78.9 Å². The first kappa shape index (κ1) is 23.2. The summed E-state index contributed by atoms with van der Waals surface area (Å²) in [4.78, 5) is 28.4. The minimum atomic E-state index is -0.125. The predicted octanol–water partition coefficient (Wildman–Crippen LogP) is 5.13. The largest absolute Gasteiger partial charge is 0.496 e. The second kappa shape index (κ2) is 10.3. The van der Waals surface area contributed by atoms with Crippen molar-refractivity contribution >= 4 is 11.8 Å². The lowest BCUT2D eigenvalue weighted by Gasteiger charge is -2.37. The summed E-state index contributed by atoms with van der Waals surface area (Å²) in [7, 11) is 1.57. The van der Waals surface area contributed by atoms with Gasteiger partial charge in [-0.2, -0.15) is 0 Å². The monoisotopic (exact) mass is 468 g/mol. The van der Waals surface area contributed by atoms with Gasteiger partial charge in [0.05, 0.1) is 18.6 Å². The van der Waals surface area contributed by atoms with Crippen molar-refractivity contribution in [2.75, 3.05) is 20.2 Å². The number of nitrogens with one attached hydrogen (secondary N) is 1. The van der Waals surface area contributed by atoms with E-state index in [2.05, 4.69) is 47.8 Å². The van der Waals surface area contributed by atoms with Crippen molar-refractivity contribution < 1.29 is 14.3 Å². The van der Waals surface area contributed by atoms with Crippen LogP contribution in [0.1, 0.15) is 64.6 Å². The first-order chi connectivity index (χ1) is 17.2. The van der Waals surface area contributed by atoms with Crippen LogP contribution in [0.25, 0.3) is 0 Å². The van der Waals surface area contributed by atoms with E-state index in [1.54, 1.807) is 19.2 Å². The summed E-state index contributed by atoms with van der Waals surface area (Å²) < 4.78 is 5.32. The van der Waals surface area contributed by atoms with Crippen LogP contribution in [0, 0.1) is 0 Å². The third kappa shape index (κ3) is 4.81. The Hall–Kier alpha value is -3.60. The summed E-state index contributed by atoms with van der Waals surface area (Å²) in [5, 5.41) is 3.13. The van der Waals surface area contributed by atoms with Crippen LogP contribution in [-0.4, -0.2) is 43.0 Å². The van der Waals surface area contributed by atoms with Crippen LogP contribution in [0.2, 0.25) is 0 Å². The summed E-state index contributed by atoms with van der Waals surface area (Å²) in [6.07, 6.45) is 3.35. The molecule has 3 aromatic rings. The number of methoxy groups -OCH3 is 1. The molecule has 35 heavy (non-hydrogen) atoms. The van der Waals surface area contributed by atoms with Crippen molar-refractivity contribution in [3.63, 3.8) is 0 Å². The first-order valence-corrected chi connectivity index (χ1v) is 12.5. The van der Waals surface area contributed by atoms with Gasteiger partial charge in [0, 0.05) is 25.0 Å². The molecule has 180 valence electrons. The number of carbonyl (C=O) groups is 2. The van der Waals surface area contributed by atoms with Gasteiger partial charge in [-0.05, 0) is 54.5 Å². The van der Waals surface area contributed by atoms with E-state index in [9.17, 15) is 9.59 Å². The van der Waals surface area contributed by atoms with Crippen molar-refractivity contribution in [3.05, 3.63) is 101 Å². The molecule has 2 amide bonds. The van der Waals surface area contributed by atoms with Gasteiger partial charge < -0.3 is 15.0 Å². The van der Waals surface area contributed by atoms with Gasteiger partial charge in [0.2, 0.25) is 5.91 Å². The van der Waals surface area contributed by atoms with Gasteiger partial charge in [0.25, 0.3) is 5.91 Å². The molecule has 1 aliphatic heterocycles. The lowest BCUT2D eigenvalue weighted by Crippen LogP contribution is -2.48. The quantitative estimate of drug-likeness (QED) is 0.565. The Morgan fingerprint density at radius 2 is 1.46 bits per heavy atom. The lowest BCUT2D eigenvalue weighted by molar-refractivity contribution is -0.134. The zero-order valence-corrected chi connectivity index (χ0v) is 20.2. The molecule has 2 atom stereocenters. The minimum Gasteiger partial charge on any atom is -0.496 e. The molecule has 0 saturated carbocycles. The lowest BCUT2D eigenvalue weighted by atomic mass is 9.73. The smallest absolute Gasteiger partial charge is 0.255 e. The van der Waals surface area contributed by atoms with E-state index in [1.807, 2.05) is 29.2 Å². The second-order valence-electron chi connectivity index (χ2n) is 9.50. The fourth-order valence-electron chi connectivity index (χ4n) is 5.64. The number of fused-ring (bicyclic) bond motifs is 1. The van der Waals surface area contributed by atoms with E-state index in [4.69, 9.17) is 4.74 Å². The number of carbonyl (C=O) groups excluding carboxylic acids is 2. The number of hydrogen-bond donors (Lipinski definition) is 1. The normalized spacial score (nSPS) is 20.1. The van der Waals surface area contributed by atoms with Gasteiger partial charge >= 0.3 is 0 Å². The maximum Gasteiger partial charge on any atom is 0.255 e. The Balaban J connectivity index is 1.23. The van der Waals surface area contributed by atoms with E-state index in [0.717, 1.165) is 25.7 Å². The summed E-state index contributed by atoms with van der Waals surface area (Å²) in [6, 6.07) is 26.4. The summed E-state index contributed by atoms with van der Waals surface area (Å²) >= 11 is 0. The standard InChI is InChI=1S/C30H32N2O3/c1-35-28-14-8-7-13-27(28)29(33)31-22-17-19-32(20-18-22)30(34)26-16-15-23(21-9-3-2-4-10-21)24-11-5-6-12-25(24)26/h2-14,22-23,26H,15-20H2,1H3,(H,31,33). The molecule has 2 unspecified atom stereocenters. The molecule has 1 aliphatic carbocycles. The van der Waals surface area contributed by atoms with Gasteiger partial charge in [0.1, 0.15) is 5.75 Å². The molecule has 0 spiro atoms. The molecule has 1 N–H and O–H groups in total. The third-order valence-electron chi connectivity index (χ3n) is 7.48. The SMILES string of the molecule is COc1ccccc1C(=O)NC1CCN(C(=O)C2CCC(c3ccccc3)c3ccccc32)CC1. The highest BCUT2D eigenvalue weighted by atomic mass is 16.5. The number of amides is 2. The molecule has 1 saturated heterocycles. The van der Waals surface area contributed by atoms with Crippen molar-refractivity contribution in [2.24, 2.45) is 0 Å². The van der Waals surface area contributed by atoms with Gasteiger partial charge in [-0.15, -0.1) is 0 Å². The second-order valence-corrected chi connectivity index (χ2v) is 9.50. The van der Waals surface area contributed by atoms with Gasteiger partial charge in [0.15, 0.2) is 0 Å². The number of benzene rings is 3. The highest BCUT2D eigenvalue weighted by Crippen LogP contribution is 2.43. The van der Waals surface area contributed by atoms with Crippen LogP contribution in [0.4, 0.5) is 0 Å². The van der Waals surface area contributed by atoms with Crippen LogP contribution >= 0.6 is 0 Å². The van der Waals surface area contributed by atoms with E-state index in [-0.39, 0.29) is 23.8 Å². The topological polar surface area (TPSA) is 58.6 Å². The number of nitrogens with zero attached hydrogens (tertiary/aromatic N) is 1. The van der Waals surface area contributed by atoms with Crippen LogP contribution in [0.3, 0.4) is 0 Å². The number of ether oxygens (including phenoxy) is 1. The summed E-state index contributed by atoms with van der Waals surface area (Å²) in [6.45, 7) is 1.33. The average Bonchev–Trinajstić information content (AvgIpc) is 2.93. The molecule has 5 heteroatoms. The number of piperidine rings is 1. The fourth-order valence-corrected chi connectivity index (χ4v) is 5.64. The van der Waals surface area contributed by atoms with Crippen LogP contribution in [0.5, 0.6) is 5.75 Å². The fraction of sp³-hybridized carbons (Fsp3) is 0.333. The predicted molar refractivity (Wildman–Crippen MR) is 137 cm³/mol. The highest BCUT2D eigenvalue weighted by molar-refractivity contribution is 5.97. The maximum atomic E-state index is 13.6. The van der Waals surface area contributed by atoms with E-state index in [1.165, 1.54) is 16.7 Å². The Kier molecular flexibility index (Phi) is 6.84. The molecule has 3 aromatic carbocycles. The molecular formula is C30H32N2O3. The molecule has 5 rings (SSSR count). The molecule has 5 nitrogen and oxygen atoms in total. The Labute approximate surface area is 207 Å². The van der Waals surface area contributed by atoms with Crippen molar-refractivity contribution in [1.82, 2.24) is 10.2 Å². The Morgan fingerprint density at radius 3 is 2.20 bits per heavy atom. The third-order valence-corrected chi connectivity index (χ3v) is 7.48. The molecular weight excluding hydrogens is 436 g/mol. The summed E-state index contributed by atoms with van der Waals surface area (Å²) in [5.74, 6) is 0.916. The number of para-hydroxylation sites is 1. The molecule has 0 radical (unpaired) electrons. The molecule has 2 aliphatic rings. The van der Waals surface area contributed by atoms with Gasteiger partial charge in [-0.25, -0.2) is 0 Å². The van der Waals surface area contributed by atoms with Crippen molar-refractivity contribution in [2.45, 2.75) is 43.6 Å². The highest BCUT2D eigenvalue weighted by Gasteiger charge is 2.35. The molecule has 1 fully saturated rings. The van der Waals surface area contributed by atoms with E-state index >= 15 is 0 Å². The zero-order chi connectivity index (χ0) is 24.2. The number of likely N-dealkylation sites (tertiary alicyclic amines) is 1. The van der Waals surface area contributed by atoms with Crippen molar-refractivity contribution in [3.8, 4) is 5.75 Å². The average molecular weight is 469 g/mol. The Bertz CT molecular complexity index is 1180. The number of hydrogen-bond acceptors (Lipinski definition) is 3. The van der Waals surface area contributed by atoms with E-state index < -0.39 is 0 Å². The van der Waals surface area contributed by atoms with Gasteiger partial charge in [-0.1, -0.05) is 66.7 Å². The minimum absolute atomic E-state index is 0.0533. The molecule has 1 heterocycles. The van der Waals surface area contributed by atoms with Gasteiger partial charge in [-0.3, -0.25) is 9.59 Å². The first-order valence-electron chi connectivity index (χ1n) is 12.5. The van der Waals surface area contributed by atoms with E-state index in [0.29, 0.717) is 30.3 Å². The number of rotatable bonds is 5. The summed E-state index contributed by atoms with van der Waals surface area (Å²) in [5.41, 5.74) is 4.31. The van der Waals surface area contributed by atoms with Crippen LogP contribution < -0.4 is 10.1 Å². The Morgan fingerprint density at radius 1 is 0.800 bits per heavy atom. The van der Waals surface area contributed by atoms with Crippen molar-refractivity contribution in [1.29, 1.82) is 0 Å². The molecule has 0 aromatic heterocycles.